The third-order valence-corrected chi connectivity index (χ3v) is 5.45. The van der Waals surface area contributed by atoms with Crippen LogP contribution in [0.25, 0.3) is 22.8 Å². The number of nitrogens with zero attached hydrogens (tertiary/aromatic N) is 4. The number of halogens is 2. The van der Waals surface area contributed by atoms with Crippen LogP contribution in [0.15, 0.2) is 97.6 Å². The van der Waals surface area contributed by atoms with E-state index in [0.29, 0.717) is 0 Å². The van der Waals surface area contributed by atoms with Crippen LogP contribution >= 0.6 is 22.2 Å². The van der Waals surface area contributed by atoms with Crippen molar-refractivity contribution in [2.75, 3.05) is 0 Å². The van der Waals surface area contributed by atoms with Crippen LogP contribution in [0.5, 0.6) is 0 Å². The summed E-state index contributed by atoms with van der Waals surface area (Å²) in [7, 11) is 4.45. The Balaban J connectivity index is 0.000000283. The molecule has 6 heterocycles. The van der Waals surface area contributed by atoms with E-state index in [4.69, 9.17) is 0 Å². The molecule has 0 aromatic carbocycles. The van der Waals surface area contributed by atoms with E-state index in [9.17, 15) is 0 Å². The van der Waals surface area contributed by atoms with Crippen LogP contribution < -0.4 is 18.3 Å². The van der Waals surface area contributed by atoms with Crippen LogP contribution in [-0.4, -0.2) is 0 Å². The molecule has 0 unspecified atom stereocenters. The van der Waals surface area contributed by atoms with Gasteiger partial charge in [0.1, 0.15) is 0 Å². The molecule has 0 fully saturated rings. The first kappa shape index (κ1) is 30.9. The third kappa shape index (κ3) is 7.42. The molecular weight excluding hydrogens is 699 g/mol. The van der Waals surface area contributed by atoms with Crippen molar-refractivity contribution in [1.82, 2.24) is 0 Å². The van der Waals surface area contributed by atoms with Gasteiger partial charge in [0.2, 0.25) is 26.2 Å². The number of aromatic nitrogens is 4. The molecule has 0 saturated heterocycles. The zero-order chi connectivity index (χ0) is 22.8. The normalized spacial score (nSPS) is 11.2. The average molecular weight is 732 g/mol. The van der Waals surface area contributed by atoms with Gasteiger partial charge in [-0.15, -0.1) is 0 Å². The fourth-order valence-electron chi connectivity index (χ4n) is 4.05. The maximum atomic E-state index is 4.45. The largest absolute Gasteiger partial charge is 0.277 e. The van der Waals surface area contributed by atoms with E-state index in [2.05, 4.69) is 177 Å². The monoisotopic (exact) mass is 728 g/mol. The number of pyridine rings is 4. The average Bonchev–Trinajstić information content (AvgIpc) is 2.91. The van der Waals surface area contributed by atoms with Gasteiger partial charge in [0.15, 0.2) is 24.8 Å². The molecule has 0 N–H and O–H groups in total. The zero-order valence-corrected chi connectivity index (χ0v) is 22.5. The van der Waals surface area contributed by atoms with E-state index in [0.717, 1.165) is 26.2 Å². The molecule has 0 bridgehead atoms. The molecule has 6 rings (SSSR count). The summed E-state index contributed by atoms with van der Waals surface area (Å²) in [4.78, 5) is 0. The molecule has 8 heteroatoms. The van der Waals surface area contributed by atoms with Crippen molar-refractivity contribution in [2.45, 2.75) is 41.0 Å². The molecular formula is C26H32Ag2BrClN4+4. The minimum absolute atomic E-state index is 0. The molecule has 34 heavy (non-hydrogen) atoms. The molecule has 0 amide bonds. The van der Waals surface area contributed by atoms with Gasteiger partial charge in [0, 0.05) is 48.5 Å². The molecule has 4 aromatic heterocycles. The quantitative estimate of drug-likeness (QED) is 0.185. The van der Waals surface area contributed by atoms with Gasteiger partial charge in [0.25, 0.3) is 22.8 Å². The standard InChI is InChI=1S/2C12H12N2.2CH4.2Ag.BrH.ClH/c2*1-3-7-13-9-10-14-8-4-2-6-12(14)11(13)5-1;;;;;;/h2*1-8H,9-10H2;2*1H4;;;2*1H/q2*+2;;;2*+1;;/p-2. The van der Waals surface area contributed by atoms with Gasteiger partial charge in [-0.25, -0.2) is 0 Å². The van der Waals surface area contributed by atoms with E-state index in [1.165, 1.54) is 22.8 Å². The van der Waals surface area contributed by atoms with Gasteiger partial charge in [-0.2, -0.15) is 18.3 Å². The first-order valence-corrected chi connectivity index (χ1v) is 15.4. The third-order valence-electron chi connectivity index (χ3n) is 5.45. The Morgan fingerprint density at radius 1 is 0.471 bits per heavy atom. The minimum atomic E-state index is 0. The molecule has 4 aromatic rings. The van der Waals surface area contributed by atoms with Gasteiger partial charge in [0.05, 0.1) is 0 Å². The summed E-state index contributed by atoms with van der Waals surface area (Å²) in [5.41, 5.74) is 5.22. The van der Waals surface area contributed by atoms with Crippen LogP contribution in [0.1, 0.15) is 14.9 Å². The summed E-state index contributed by atoms with van der Waals surface area (Å²) in [5.74, 6) is 0. The van der Waals surface area contributed by atoms with Crippen molar-refractivity contribution >= 4 is 22.2 Å². The number of hydrogen-bond acceptors (Lipinski definition) is 0. The predicted molar refractivity (Wildman–Crippen MR) is 133 cm³/mol. The van der Waals surface area contributed by atoms with Gasteiger partial charge < -0.3 is 0 Å². The molecule has 0 spiro atoms. The van der Waals surface area contributed by atoms with Crippen molar-refractivity contribution in [2.24, 2.45) is 0 Å². The van der Waals surface area contributed by atoms with Gasteiger partial charge in [-0.3, -0.25) is 0 Å². The fraction of sp³-hybridized carbons (Fsp3) is 0.231. The minimum Gasteiger partial charge on any atom is -0.187 e. The fourth-order valence-corrected chi connectivity index (χ4v) is 4.05. The Morgan fingerprint density at radius 3 is 0.882 bits per heavy atom. The van der Waals surface area contributed by atoms with Gasteiger partial charge >= 0.3 is 61.1 Å². The summed E-state index contributed by atoms with van der Waals surface area (Å²) >= 11 is 7.93. The van der Waals surface area contributed by atoms with Crippen molar-refractivity contribution in [1.29, 1.82) is 0 Å². The SMILES string of the molecule is C.C.[Br][Ag].[Cl][Ag].c1cc[n+]2c(c1)-c1cccc[n+]1CC2.c1cc[n+]2c(c1)-c1cccc[n+]1CC2. The second kappa shape index (κ2) is 16.5. The van der Waals surface area contributed by atoms with Crippen LogP contribution in [0, 0.1) is 0 Å². The van der Waals surface area contributed by atoms with Gasteiger partial charge in [-0.05, 0) is 24.3 Å². The molecule has 0 atom stereocenters. The van der Waals surface area contributed by atoms with Crippen molar-refractivity contribution in [3.63, 3.8) is 0 Å². The second-order valence-electron chi connectivity index (χ2n) is 7.12. The Labute approximate surface area is 238 Å². The van der Waals surface area contributed by atoms with Gasteiger partial charge in [-0.1, -0.05) is 14.9 Å². The predicted octanol–water partition coefficient (Wildman–Crippen LogP) is 4.69. The van der Waals surface area contributed by atoms with Crippen molar-refractivity contribution in [3.05, 3.63) is 97.6 Å². The van der Waals surface area contributed by atoms with Crippen LogP contribution in [0.4, 0.5) is 0 Å². The maximum Gasteiger partial charge on any atom is 0.277 e. The van der Waals surface area contributed by atoms with Crippen molar-refractivity contribution < 1.29 is 57.2 Å². The number of fused-ring (bicyclic) bond motifs is 6. The van der Waals surface area contributed by atoms with Crippen molar-refractivity contribution in [3.8, 4) is 22.8 Å². The Morgan fingerprint density at radius 2 is 0.676 bits per heavy atom. The summed E-state index contributed by atoms with van der Waals surface area (Å²) < 4.78 is 9.20. The Kier molecular flexibility index (Phi) is 15.0. The van der Waals surface area contributed by atoms with E-state index >= 15 is 0 Å². The first-order valence-electron chi connectivity index (χ1n) is 10.1. The van der Waals surface area contributed by atoms with Crippen LogP contribution in [-0.2, 0) is 65.1 Å². The van der Waals surface area contributed by atoms with E-state index in [-0.39, 0.29) is 14.9 Å². The molecule has 0 saturated carbocycles. The second-order valence-corrected chi connectivity index (χ2v) is 7.12. The molecule has 2 aliphatic heterocycles. The molecule has 2 aliphatic rings. The molecule has 0 aliphatic carbocycles. The molecule has 0 radical (unpaired) electrons. The first-order chi connectivity index (χ1) is 15.9. The molecule has 188 valence electrons. The number of hydrogen-bond donors (Lipinski definition) is 0. The summed E-state index contributed by atoms with van der Waals surface area (Å²) in [6.45, 7) is 4.27. The van der Waals surface area contributed by atoms with E-state index in [1.807, 2.05) is 0 Å². The van der Waals surface area contributed by atoms with Crippen LogP contribution in [0.2, 0.25) is 0 Å². The topological polar surface area (TPSA) is 15.5 Å². The Bertz CT molecular complexity index is 979. The zero-order valence-electron chi connectivity index (χ0n) is 17.2. The smallest absolute Gasteiger partial charge is 0.187 e. The summed E-state index contributed by atoms with van der Waals surface area (Å²) in [5, 5.41) is 0. The number of rotatable bonds is 0. The van der Waals surface area contributed by atoms with Crippen LogP contribution in [0.3, 0.4) is 0 Å². The summed E-state index contributed by atoms with van der Waals surface area (Å²) in [6.07, 6.45) is 8.58. The number of aryl methyl sites for hydroxylation is 4. The summed E-state index contributed by atoms with van der Waals surface area (Å²) in [6, 6.07) is 25.4. The van der Waals surface area contributed by atoms with E-state index < -0.39 is 0 Å². The Hall–Kier alpha value is -1.15. The maximum absolute atomic E-state index is 4.45. The van der Waals surface area contributed by atoms with E-state index in [1.54, 1.807) is 0 Å². The molecule has 4 nitrogen and oxygen atoms in total.